The Bertz CT molecular complexity index is 872. The molecule has 1 aliphatic rings. The fourth-order valence-electron chi connectivity index (χ4n) is 4.26. The van der Waals surface area contributed by atoms with Crippen molar-refractivity contribution in [1.29, 1.82) is 0 Å². The van der Waals surface area contributed by atoms with Gasteiger partial charge in [0.15, 0.2) is 0 Å². The zero-order valence-corrected chi connectivity index (χ0v) is 19.6. The van der Waals surface area contributed by atoms with E-state index in [0.29, 0.717) is 31.5 Å². The molecule has 0 saturated heterocycles. The lowest BCUT2D eigenvalue weighted by Gasteiger charge is -2.30. The summed E-state index contributed by atoms with van der Waals surface area (Å²) in [5.74, 6) is 1.12. The third kappa shape index (κ3) is 6.22. The highest BCUT2D eigenvalue weighted by Crippen LogP contribution is 2.48. The number of benzene rings is 1. The van der Waals surface area contributed by atoms with Gasteiger partial charge in [0.05, 0.1) is 13.1 Å². The maximum atomic E-state index is 13.3. The number of hydrogen-bond donors (Lipinski definition) is 0. The monoisotopic (exact) mass is 423 g/mol. The van der Waals surface area contributed by atoms with Gasteiger partial charge in [0.1, 0.15) is 0 Å². The molecule has 1 aliphatic carbocycles. The van der Waals surface area contributed by atoms with E-state index in [-0.39, 0.29) is 30.2 Å². The Kier molecular flexibility index (Phi) is 7.58. The SMILES string of the molecule is CC(C)CN(Cc1cccn1C)C(=O)CN(CC(C)C)C(=O)[C@H]1C[C@H]1c1ccccc1. The Morgan fingerprint density at radius 1 is 0.968 bits per heavy atom. The molecule has 1 fully saturated rings. The highest BCUT2D eigenvalue weighted by Gasteiger charge is 2.46. The molecule has 0 aliphatic heterocycles. The molecule has 31 heavy (non-hydrogen) atoms. The van der Waals surface area contributed by atoms with Crippen molar-refractivity contribution in [2.45, 2.75) is 46.6 Å². The van der Waals surface area contributed by atoms with Crippen LogP contribution in [0, 0.1) is 17.8 Å². The maximum Gasteiger partial charge on any atom is 0.242 e. The molecule has 2 aromatic rings. The van der Waals surface area contributed by atoms with Crippen molar-refractivity contribution >= 4 is 11.8 Å². The molecular formula is C26H37N3O2. The van der Waals surface area contributed by atoms with Crippen molar-refractivity contribution < 1.29 is 9.59 Å². The lowest BCUT2D eigenvalue weighted by atomic mass is 10.1. The zero-order chi connectivity index (χ0) is 22.5. The van der Waals surface area contributed by atoms with Crippen LogP contribution in [0.15, 0.2) is 48.7 Å². The summed E-state index contributed by atoms with van der Waals surface area (Å²) >= 11 is 0. The van der Waals surface area contributed by atoms with E-state index in [2.05, 4.69) is 39.8 Å². The molecule has 1 heterocycles. The molecule has 2 atom stereocenters. The van der Waals surface area contributed by atoms with Gasteiger partial charge in [-0.25, -0.2) is 0 Å². The van der Waals surface area contributed by atoms with Crippen LogP contribution in [0.3, 0.4) is 0 Å². The van der Waals surface area contributed by atoms with E-state index in [1.807, 2.05) is 53.0 Å². The van der Waals surface area contributed by atoms with Crippen LogP contribution in [0.25, 0.3) is 0 Å². The molecule has 0 unspecified atom stereocenters. The van der Waals surface area contributed by atoms with E-state index in [1.54, 1.807) is 4.90 Å². The topological polar surface area (TPSA) is 45.6 Å². The van der Waals surface area contributed by atoms with E-state index in [4.69, 9.17) is 0 Å². The lowest BCUT2D eigenvalue weighted by molar-refractivity contribution is -0.142. The van der Waals surface area contributed by atoms with Gasteiger partial charge in [-0.15, -0.1) is 0 Å². The Morgan fingerprint density at radius 3 is 2.19 bits per heavy atom. The first-order valence-corrected chi connectivity index (χ1v) is 11.5. The standard InChI is InChI=1S/C26H37N3O2/c1-19(2)15-28(17-22-12-9-13-27(22)5)25(30)18-29(16-20(3)4)26(31)24-14-23(24)21-10-7-6-8-11-21/h6-13,19-20,23-24H,14-18H2,1-5H3/t23-,24-/m0/s1. The fraction of sp³-hybridized carbons (Fsp3) is 0.538. The summed E-state index contributed by atoms with van der Waals surface area (Å²) in [6.07, 6.45) is 2.88. The maximum absolute atomic E-state index is 13.3. The highest BCUT2D eigenvalue weighted by molar-refractivity contribution is 5.88. The first kappa shape index (κ1) is 23.1. The van der Waals surface area contributed by atoms with Gasteiger partial charge in [-0.1, -0.05) is 58.0 Å². The van der Waals surface area contributed by atoms with E-state index < -0.39 is 0 Å². The van der Waals surface area contributed by atoms with Gasteiger partial charge in [0, 0.05) is 37.9 Å². The quantitative estimate of drug-likeness (QED) is 0.572. The summed E-state index contributed by atoms with van der Waals surface area (Å²) in [5.41, 5.74) is 2.32. The lowest BCUT2D eigenvalue weighted by Crippen LogP contribution is -2.45. The first-order chi connectivity index (χ1) is 14.8. The minimum Gasteiger partial charge on any atom is -0.353 e. The molecule has 0 bridgehead atoms. The number of rotatable bonds is 10. The van der Waals surface area contributed by atoms with Gasteiger partial charge in [0.25, 0.3) is 0 Å². The summed E-state index contributed by atoms with van der Waals surface area (Å²) < 4.78 is 2.05. The predicted octanol–water partition coefficient (Wildman–Crippen LogP) is 4.30. The van der Waals surface area contributed by atoms with Gasteiger partial charge in [-0.2, -0.15) is 0 Å². The van der Waals surface area contributed by atoms with Crippen LogP contribution in [0.5, 0.6) is 0 Å². The van der Waals surface area contributed by atoms with Crippen molar-refractivity contribution in [3.63, 3.8) is 0 Å². The van der Waals surface area contributed by atoms with Crippen LogP contribution < -0.4 is 0 Å². The molecule has 1 aromatic heterocycles. The molecule has 5 heteroatoms. The summed E-state index contributed by atoms with van der Waals surface area (Å²) in [6, 6.07) is 14.3. The molecule has 1 aromatic carbocycles. The second-order valence-electron chi connectivity index (χ2n) is 9.75. The Hall–Kier alpha value is -2.56. The molecule has 168 valence electrons. The highest BCUT2D eigenvalue weighted by atomic mass is 16.2. The van der Waals surface area contributed by atoms with Crippen molar-refractivity contribution in [3.8, 4) is 0 Å². The first-order valence-electron chi connectivity index (χ1n) is 11.5. The van der Waals surface area contributed by atoms with E-state index in [0.717, 1.165) is 12.1 Å². The van der Waals surface area contributed by atoms with Crippen LogP contribution >= 0.6 is 0 Å². The van der Waals surface area contributed by atoms with Crippen molar-refractivity contribution in [3.05, 3.63) is 59.9 Å². The third-order valence-electron chi connectivity index (χ3n) is 5.90. The zero-order valence-electron chi connectivity index (χ0n) is 19.6. The van der Waals surface area contributed by atoms with Gasteiger partial charge < -0.3 is 14.4 Å². The Morgan fingerprint density at radius 2 is 1.61 bits per heavy atom. The number of carbonyl (C=O) groups is 2. The van der Waals surface area contributed by atoms with Crippen LogP contribution in [0.4, 0.5) is 0 Å². The van der Waals surface area contributed by atoms with E-state index in [1.165, 1.54) is 5.56 Å². The summed E-state index contributed by atoms with van der Waals surface area (Å²) in [6.45, 7) is 10.5. The minimum absolute atomic E-state index is 0.000345. The predicted molar refractivity (Wildman–Crippen MR) is 124 cm³/mol. The molecule has 0 spiro atoms. The van der Waals surface area contributed by atoms with Crippen LogP contribution in [0.2, 0.25) is 0 Å². The number of hydrogen-bond acceptors (Lipinski definition) is 2. The number of carbonyl (C=O) groups excluding carboxylic acids is 2. The number of nitrogens with zero attached hydrogens (tertiary/aromatic N) is 3. The van der Waals surface area contributed by atoms with Gasteiger partial charge in [0.2, 0.25) is 11.8 Å². The number of aromatic nitrogens is 1. The summed E-state index contributed by atoms with van der Waals surface area (Å²) in [5, 5.41) is 0. The van der Waals surface area contributed by atoms with Gasteiger partial charge in [-0.05, 0) is 41.9 Å². The summed E-state index contributed by atoms with van der Waals surface area (Å²) in [4.78, 5) is 30.4. The molecule has 3 rings (SSSR count). The third-order valence-corrected chi connectivity index (χ3v) is 5.90. The largest absolute Gasteiger partial charge is 0.353 e. The van der Waals surface area contributed by atoms with Crippen LogP contribution in [-0.2, 0) is 23.2 Å². The molecule has 0 N–H and O–H groups in total. The van der Waals surface area contributed by atoms with Gasteiger partial charge >= 0.3 is 0 Å². The van der Waals surface area contributed by atoms with Crippen molar-refractivity contribution in [2.75, 3.05) is 19.6 Å². The normalized spacial score (nSPS) is 17.8. The fourth-order valence-corrected chi connectivity index (χ4v) is 4.26. The second-order valence-corrected chi connectivity index (χ2v) is 9.75. The molecule has 2 amide bonds. The van der Waals surface area contributed by atoms with E-state index in [9.17, 15) is 9.59 Å². The average molecular weight is 424 g/mol. The molecular weight excluding hydrogens is 386 g/mol. The summed E-state index contributed by atoms with van der Waals surface area (Å²) in [7, 11) is 2.00. The Labute approximate surface area is 187 Å². The van der Waals surface area contributed by atoms with E-state index >= 15 is 0 Å². The van der Waals surface area contributed by atoms with Crippen molar-refractivity contribution in [2.24, 2.45) is 24.8 Å². The Balaban J connectivity index is 1.70. The number of amides is 2. The second kappa shape index (κ2) is 10.2. The van der Waals surface area contributed by atoms with Crippen LogP contribution in [0.1, 0.15) is 51.3 Å². The molecule has 1 saturated carbocycles. The number of aryl methyl sites for hydroxylation is 1. The smallest absolute Gasteiger partial charge is 0.242 e. The van der Waals surface area contributed by atoms with Crippen molar-refractivity contribution in [1.82, 2.24) is 14.4 Å². The van der Waals surface area contributed by atoms with Crippen LogP contribution in [-0.4, -0.2) is 45.8 Å². The minimum atomic E-state index is 0.000345. The molecule has 5 nitrogen and oxygen atoms in total. The van der Waals surface area contributed by atoms with Gasteiger partial charge in [-0.3, -0.25) is 9.59 Å². The average Bonchev–Trinajstić information content (AvgIpc) is 3.42. The molecule has 0 radical (unpaired) electrons.